The Morgan fingerprint density at radius 1 is 0.345 bits per heavy atom. The lowest BCUT2D eigenvalue weighted by Crippen LogP contribution is -2.60. The van der Waals surface area contributed by atoms with Gasteiger partial charge in [0.05, 0.1) is 24.1 Å². The SMILES string of the molecule is FC(F)(F)C(F)(F)C(F)(F)C(F)(F)SOSC(F)(F)C(F)(F)C(F)(F)C(F)(F)F. The summed E-state index contributed by atoms with van der Waals surface area (Å²) in [5, 5.41) is -13.6. The molecule has 0 spiro atoms. The van der Waals surface area contributed by atoms with Crippen LogP contribution in [0.1, 0.15) is 0 Å². The van der Waals surface area contributed by atoms with Gasteiger partial charge in [-0.05, 0) is 0 Å². The van der Waals surface area contributed by atoms with E-state index in [1.807, 2.05) is 0 Å². The lowest BCUT2D eigenvalue weighted by molar-refractivity contribution is -0.382. The van der Waals surface area contributed by atoms with E-state index < -0.39 is 70.6 Å². The molecule has 0 unspecified atom stereocenters. The molecule has 0 atom stereocenters. The van der Waals surface area contributed by atoms with Crippen LogP contribution >= 0.6 is 24.1 Å². The van der Waals surface area contributed by atoms with E-state index in [1.165, 1.54) is 0 Å². The quantitative estimate of drug-likeness (QED) is 0.250. The van der Waals surface area contributed by atoms with E-state index in [2.05, 4.69) is 3.63 Å². The Balaban J connectivity index is 5.55. The maximum absolute atomic E-state index is 12.9. The zero-order chi connectivity index (χ0) is 24.1. The topological polar surface area (TPSA) is 9.23 Å². The standard InChI is InChI=1S/C8F18OS2/c9-1(10,5(17,18)19)3(13,14)7(23,24)28-27-29-8(25,26)4(15,16)2(11,12)6(20,21)22. The van der Waals surface area contributed by atoms with Crippen LogP contribution in [0.5, 0.6) is 0 Å². The Hall–Kier alpha value is -0.600. The lowest BCUT2D eigenvalue weighted by Gasteiger charge is -2.34. The summed E-state index contributed by atoms with van der Waals surface area (Å²) in [6.07, 6.45) is -14.7. The average molecular weight is 518 g/mol. The highest BCUT2D eigenvalue weighted by Gasteiger charge is 2.84. The molecule has 29 heavy (non-hydrogen) atoms. The summed E-state index contributed by atoms with van der Waals surface area (Å²) < 4.78 is 225. The van der Waals surface area contributed by atoms with Crippen molar-refractivity contribution in [2.75, 3.05) is 0 Å². The van der Waals surface area contributed by atoms with Crippen molar-refractivity contribution in [3.05, 3.63) is 0 Å². The van der Waals surface area contributed by atoms with Crippen LogP contribution in [-0.2, 0) is 3.63 Å². The number of alkyl halides is 18. The van der Waals surface area contributed by atoms with E-state index >= 15 is 0 Å². The van der Waals surface area contributed by atoms with Crippen LogP contribution in [0.3, 0.4) is 0 Å². The van der Waals surface area contributed by atoms with Gasteiger partial charge in [0.1, 0.15) is 0 Å². The smallest absolute Gasteiger partial charge is 0.235 e. The van der Waals surface area contributed by atoms with Gasteiger partial charge in [0, 0.05) is 0 Å². The van der Waals surface area contributed by atoms with Gasteiger partial charge in [0.2, 0.25) is 0 Å². The highest BCUT2D eigenvalue weighted by atomic mass is 32.2. The summed E-state index contributed by atoms with van der Waals surface area (Å²) in [4.78, 5) is 0. The van der Waals surface area contributed by atoms with Crippen molar-refractivity contribution in [1.82, 2.24) is 0 Å². The fourth-order valence-corrected chi connectivity index (χ4v) is 2.21. The van der Waals surface area contributed by atoms with Crippen molar-refractivity contribution >= 4 is 24.1 Å². The summed E-state index contributed by atoms with van der Waals surface area (Å²) in [5.41, 5.74) is 0. The van der Waals surface area contributed by atoms with Crippen LogP contribution in [0.2, 0.25) is 0 Å². The van der Waals surface area contributed by atoms with Gasteiger partial charge < -0.3 is 0 Å². The van der Waals surface area contributed by atoms with Crippen molar-refractivity contribution in [3.8, 4) is 0 Å². The number of hydrogen-bond acceptors (Lipinski definition) is 3. The van der Waals surface area contributed by atoms with E-state index in [0.29, 0.717) is 0 Å². The molecule has 176 valence electrons. The van der Waals surface area contributed by atoms with Crippen LogP contribution in [0.25, 0.3) is 0 Å². The van der Waals surface area contributed by atoms with Gasteiger partial charge in [-0.15, -0.1) is 0 Å². The summed E-state index contributed by atoms with van der Waals surface area (Å²) in [7, 11) is 0. The van der Waals surface area contributed by atoms with Gasteiger partial charge in [0.25, 0.3) is 0 Å². The fraction of sp³-hybridized carbons (Fsp3) is 1.00. The van der Waals surface area contributed by atoms with Gasteiger partial charge in [-0.1, -0.05) is 0 Å². The fourth-order valence-electron chi connectivity index (χ4n) is 0.929. The Morgan fingerprint density at radius 3 is 0.724 bits per heavy atom. The van der Waals surface area contributed by atoms with Crippen LogP contribution in [0.15, 0.2) is 0 Å². The molecule has 0 saturated heterocycles. The van der Waals surface area contributed by atoms with Crippen molar-refractivity contribution < 1.29 is 82.7 Å². The molecule has 0 aliphatic heterocycles. The van der Waals surface area contributed by atoms with Gasteiger partial charge in [-0.2, -0.15) is 79.0 Å². The van der Waals surface area contributed by atoms with Gasteiger partial charge in [-0.25, -0.2) is 3.63 Å². The first-order valence-corrected chi connectivity index (χ1v) is 7.13. The molecule has 0 rings (SSSR count). The van der Waals surface area contributed by atoms with Crippen LogP contribution in [0, 0.1) is 0 Å². The molecule has 0 radical (unpaired) electrons. The third kappa shape index (κ3) is 4.69. The van der Waals surface area contributed by atoms with Crippen molar-refractivity contribution in [2.24, 2.45) is 0 Å². The Kier molecular flexibility index (Phi) is 7.36. The van der Waals surface area contributed by atoms with E-state index in [1.54, 1.807) is 0 Å². The average Bonchev–Trinajstić information content (AvgIpc) is 2.43. The first kappa shape index (κ1) is 28.4. The van der Waals surface area contributed by atoms with Gasteiger partial charge in [0.15, 0.2) is 0 Å². The van der Waals surface area contributed by atoms with E-state index in [-0.39, 0.29) is 0 Å². The maximum atomic E-state index is 12.9. The van der Waals surface area contributed by atoms with E-state index in [4.69, 9.17) is 0 Å². The molecule has 0 aliphatic carbocycles. The van der Waals surface area contributed by atoms with E-state index in [9.17, 15) is 79.0 Å². The molecular weight excluding hydrogens is 518 g/mol. The molecule has 0 heterocycles. The van der Waals surface area contributed by atoms with E-state index in [0.717, 1.165) is 0 Å². The first-order valence-electron chi connectivity index (χ1n) is 5.64. The molecular formula is C8F18OS2. The zero-order valence-electron chi connectivity index (χ0n) is 12.0. The summed E-state index contributed by atoms with van der Waals surface area (Å²) >= 11 is -5.50. The predicted molar refractivity (Wildman–Crippen MR) is 58.1 cm³/mol. The monoisotopic (exact) mass is 518 g/mol. The second-order valence-corrected chi connectivity index (χ2v) is 6.46. The predicted octanol–water partition coefficient (Wildman–Crippen LogP) is 7.15. The molecule has 0 aromatic rings. The largest absolute Gasteiger partial charge is 0.460 e. The van der Waals surface area contributed by atoms with Gasteiger partial charge in [-0.3, -0.25) is 0 Å². The zero-order valence-corrected chi connectivity index (χ0v) is 13.7. The van der Waals surface area contributed by atoms with Crippen LogP contribution in [-0.4, -0.2) is 46.6 Å². The summed E-state index contributed by atoms with van der Waals surface area (Å²) in [5.74, 6) is -30.0. The minimum atomic E-state index is -7.54. The maximum Gasteiger partial charge on any atom is 0.460 e. The Bertz CT molecular complexity index is 525. The second kappa shape index (κ2) is 7.52. The molecule has 0 amide bonds. The summed E-state index contributed by atoms with van der Waals surface area (Å²) in [6, 6.07) is 0. The van der Waals surface area contributed by atoms with Crippen LogP contribution in [0.4, 0.5) is 79.0 Å². The number of rotatable bonds is 8. The van der Waals surface area contributed by atoms with Crippen LogP contribution < -0.4 is 0 Å². The Labute approximate surface area is 154 Å². The minimum absolute atomic E-state index is 2.52. The van der Waals surface area contributed by atoms with Crippen molar-refractivity contribution in [2.45, 2.75) is 46.6 Å². The highest BCUT2D eigenvalue weighted by molar-refractivity contribution is 8.08. The highest BCUT2D eigenvalue weighted by Crippen LogP contribution is 2.60. The number of halogens is 18. The van der Waals surface area contributed by atoms with Crippen molar-refractivity contribution in [1.29, 1.82) is 0 Å². The minimum Gasteiger partial charge on any atom is -0.235 e. The molecule has 0 bridgehead atoms. The molecule has 0 aliphatic rings. The molecule has 0 N–H and O–H groups in total. The number of hydrogen-bond donors (Lipinski definition) is 0. The normalized spacial score (nSPS) is 16.3. The molecule has 0 aromatic heterocycles. The molecule has 1 nitrogen and oxygen atoms in total. The first-order chi connectivity index (χ1) is 12.2. The summed E-state index contributed by atoms with van der Waals surface area (Å²) in [6.45, 7) is 0. The lowest BCUT2D eigenvalue weighted by atomic mass is 10.1. The Morgan fingerprint density at radius 2 is 0.552 bits per heavy atom. The molecule has 21 heteroatoms. The molecule has 0 aromatic carbocycles. The molecule has 0 saturated carbocycles. The third-order valence-corrected chi connectivity index (χ3v) is 3.98. The second-order valence-electron chi connectivity index (χ2n) is 4.56. The van der Waals surface area contributed by atoms with Gasteiger partial charge >= 0.3 is 46.6 Å². The third-order valence-electron chi connectivity index (χ3n) is 2.51. The molecule has 0 fully saturated rings. The van der Waals surface area contributed by atoms with Crippen molar-refractivity contribution in [3.63, 3.8) is 0 Å².